The van der Waals surface area contributed by atoms with Crippen molar-refractivity contribution < 1.29 is 9.90 Å². The van der Waals surface area contributed by atoms with E-state index in [1.165, 1.54) is 0 Å². The largest absolute Gasteiger partial charge is 0.481 e. The molecule has 1 aliphatic carbocycles. The Hall–Kier alpha value is -0.970. The summed E-state index contributed by atoms with van der Waals surface area (Å²) in [6, 6.07) is 0. The van der Waals surface area contributed by atoms with E-state index >= 15 is 0 Å². The van der Waals surface area contributed by atoms with Crippen molar-refractivity contribution in [3.05, 3.63) is 0 Å². The van der Waals surface area contributed by atoms with Gasteiger partial charge in [-0.3, -0.25) is 4.79 Å². The molecule has 0 heterocycles. The summed E-state index contributed by atoms with van der Waals surface area (Å²) >= 11 is 0. The van der Waals surface area contributed by atoms with Crippen LogP contribution < -0.4 is 0 Å². The highest BCUT2D eigenvalue weighted by atomic mass is 16.4. The molecule has 1 saturated carbocycles. The van der Waals surface area contributed by atoms with Gasteiger partial charge in [0.05, 0.1) is 5.41 Å². The third kappa shape index (κ3) is 1.45. The number of terminal acetylenes is 1. The molecule has 0 spiro atoms. The second-order valence-electron chi connectivity index (χ2n) is 3.81. The molecule has 0 aliphatic heterocycles. The molecule has 1 rings (SSSR count). The van der Waals surface area contributed by atoms with Gasteiger partial charge in [0.1, 0.15) is 0 Å². The normalized spacial score (nSPS) is 34.5. The molecule has 0 radical (unpaired) electrons. The van der Waals surface area contributed by atoms with Gasteiger partial charge in [-0.2, -0.15) is 0 Å². The average molecular weight is 166 g/mol. The van der Waals surface area contributed by atoms with Gasteiger partial charge in [-0.15, -0.1) is 12.3 Å². The van der Waals surface area contributed by atoms with Crippen LogP contribution in [0.15, 0.2) is 0 Å². The molecule has 0 amide bonds. The Labute approximate surface area is 73.0 Å². The van der Waals surface area contributed by atoms with Crippen LogP contribution in [-0.4, -0.2) is 11.1 Å². The molecule has 0 bridgehead atoms. The Balaban J connectivity index is 2.76. The standard InChI is InChI=1S/C10H14O2/c1-3-5-10(9(11)12)6-4-8(2)7-10/h1,8H,4-7H2,2H3,(H,11,12). The second-order valence-corrected chi connectivity index (χ2v) is 3.81. The lowest BCUT2D eigenvalue weighted by molar-refractivity contribution is -0.148. The third-order valence-electron chi connectivity index (χ3n) is 2.75. The zero-order valence-electron chi connectivity index (χ0n) is 7.34. The maximum atomic E-state index is 11.0. The number of carboxylic acids is 1. The van der Waals surface area contributed by atoms with Crippen molar-refractivity contribution in [2.24, 2.45) is 11.3 Å². The van der Waals surface area contributed by atoms with Gasteiger partial charge in [0.2, 0.25) is 0 Å². The maximum Gasteiger partial charge on any atom is 0.310 e. The van der Waals surface area contributed by atoms with Crippen LogP contribution in [0.1, 0.15) is 32.6 Å². The second kappa shape index (κ2) is 3.18. The highest BCUT2D eigenvalue weighted by Crippen LogP contribution is 2.44. The summed E-state index contributed by atoms with van der Waals surface area (Å²) in [6.07, 6.45) is 8.03. The van der Waals surface area contributed by atoms with E-state index in [9.17, 15) is 4.79 Å². The summed E-state index contributed by atoms with van der Waals surface area (Å²) in [6.45, 7) is 2.08. The maximum absolute atomic E-state index is 11.0. The molecular formula is C10H14O2. The molecule has 2 heteroatoms. The van der Waals surface area contributed by atoms with Crippen LogP contribution >= 0.6 is 0 Å². The predicted molar refractivity (Wildman–Crippen MR) is 46.5 cm³/mol. The minimum absolute atomic E-state index is 0.382. The number of carboxylic acid groups (broad SMARTS) is 1. The summed E-state index contributed by atoms with van der Waals surface area (Å²) in [7, 11) is 0. The van der Waals surface area contributed by atoms with E-state index in [4.69, 9.17) is 11.5 Å². The van der Waals surface area contributed by atoms with Gasteiger partial charge in [0.25, 0.3) is 0 Å². The smallest absolute Gasteiger partial charge is 0.310 e. The zero-order chi connectivity index (χ0) is 9.19. The molecule has 0 aromatic rings. The molecule has 2 atom stereocenters. The van der Waals surface area contributed by atoms with E-state index in [1.807, 2.05) is 0 Å². The average Bonchev–Trinajstić information content (AvgIpc) is 2.34. The highest BCUT2D eigenvalue weighted by molar-refractivity contribution is 5.75. The number of rotatable bonds is 2. The van der Waals surface area contributed by atoms with Gasteiger partial charge in [-0.05, 0) is 25.2 Å². The van der Waals surface area contributed by atoms with E-state index in [2.05, 4.69) is 12.8 Å². The van der Waals surface area contributed by atoms with Crippen LogP contribution in [0.25, 0.3) is 0 Å². The number of carbonyl (C=O) groups is 1. The summed E-state index contributed by atoms with van der Waals surface area (Å²) in [5, 5.41) is 9.02. The summed E-state index contributed by atoms with van der Waals surface area (Å²) in [5.74, 6) is 2.26. The minimum Gasteiger partial charge on any atom is -0.481 e. The van der Waals surface area contributed by atoms with E-state index < -0.39 is 11.4 Å². The first kappa shape index (κ1) is 9.12. The van der Waals surface area contributed by atoms with Crippen LogP contribution in [0.3, 0.4) is 0 Å². The van der Waals surface area contributed by atoms with Crippen LogP contribution in [0.2, 0.25) is 0 Å². The zero-order valence-corrected chi connectivity index (χ0v) is 7.34. The Bertz CT molecular complexity index is 226. The molecule has 66 valence electrons. The SMILES string of the molecule is C#CCC1(C(=O)O)CCC(C)C1. The first-order valence-corrected chi connectivity index (χ1v) is 4.27. The Morgan fingerprint density at radius 2 is 2.50 bits per heavy atom. The Kier molecular flexibility index (Phi) is 2.42. The van der Waals surface area contributed by atoms with Crippen molar-refractivity contribution in [3.8, 4) is 12.3 Å². The van der Waals surface area contributed by atoms with Crippen molar-refractivity contribution in [1.29, 1.82) is 0 Å². The molecule has 1 N–H and O–H groups in total. The first-order valence-electron chi connectivity index (χ1n) is 4.27. The van der Waals surface area contributed by atoms with E-state index in [0.29, 0.717) is 12.3 Å². The lowest BCUT2D eigenvalue weighted by atomic mass is 9.82. The molecule has 1 fully saturated rings. The fourth-order valence-electron chi connectivity index (χ4n) is 2.02. The lowest BCUT2D eigenvalue weighted by Crippen LogP contribution is -2.27. The predicted octanol–water partition coefficient (Wildman–Crippen LogP) is 1.90. The van der Waals surface area contributed by atoms with Crippen molar-refractivity contribution in [3.63, 3.8) is 0 Å². The third-order valence-corrected chi connectivity index (χ3v) is 2.75. The first-order chi connectivity index (χ1) is 5.60. The fraction of sp³-hybridized carbons (Fsp3) is 0.700. The molecule has 12 heavy (non-hydrogen) atoms. The Morgan fingerprint density at radius 3 is 2.83 bits per heavy atom. The van der Waals surface area contributed by atoms with Crippen molar-refractivity contribution in [2.45, 2.75) is 32.6 Å². The van der Waals surface area contributed by atoms with Crippen molar-refractivity contribution in [1.82, 2.24) is 0 Å². The van der Waals surface area contributed by atoms with Gasteiger partial charge in [-0.25, -0.2) is 0 Å². The number of hydrogen-bond acceptors (Lipinski definition) is 1. The monoisotopic (exact) mass is 166 g/mol. The van der Waals surface area contributed by atoms with Crippen molar-refractivity contribution >= 4 is 5.97 Å². The minimum atomic E-state index is -0.718. The molecular weight excluding hydrogens is 152 g/mol. The highest BCUT2D eigenvalue weighted by Gasteiger charge is 2.43. The van der Waals surface area contributed by atoms with Crippen LogP contribution in [0, 0.1) is 23.7 Å². The summed E-state index contributed by atoms with van der Waals surface area (Å²) in [5.41, 5.74) is -0.603. The molecule has 2 nitrogen and oxygen atoms in total. The quantitative estimate of drug-likeness (QED) is 0.636. The van der Waals surface area contributed by atoms with E-state index in [-0.39, 0.29) is 0 Å². The Morgan fingerprint density at radius 1 is 1.83 bits per heavy atom. The number of aliphatic carboxylic acids is 1. The summed E-state index contributed by atoms with van der Waals surface area (Å²) < 4.78 is 0. The topological polar surface area (TPSA) is 37.3 Å². The fourth-order valence-corrected chi connectivity index (χ4v) is 2.02. The van der Waals surface area contributed by atoms with E-state index in [0.717, 1.165) is 19.3 Å². The van der Waals surface area contributed by atoms with Gasteiger partial charge in [-0.1, -0.05) is 6.92 Å². The van der Waals surface area contributed by atoms with Gasteiger partial charge in [0, 0.05) is 6.42 Å². The van der Waals surface area contributed by atoms with Crippen LogP contribution in [-0.2, 0) is 4.79 Å². The van der Waals surface area contributed by atoms with Crippen LogP contribution in [0.4, 0.5) is 0 Å². The van der Waals surface area contributed by atoms with Gasteiger partial charge in [0.15, 0.2) is 0 Å². The molecule has 1 aliphatic rings. The van der Waals surface area contributed by atoms with Gasteiger partial charge < -0.3 is 5.11 Å². The van der Waals surface area contributed by atoms with E-state index in [1.54, 1.807) is 0 Å². The lowest BCUT2D eigenvalue weighted by Gasteiger charge is -2.20. The number of hydrogen-bond donors (Lipinski definition) is 1. The van der Waals surface area contributed by atoms with Crippen molar-refractivity contribution in [2.75, 3.05) is 0 Å². The molecule has 0 saturated heterocycles. The molecule has 0 aromatic heterocycles. The molecule has 0 aromatic carbocycles. The van der Waals surface area contributed by atoms with Gasteiger partial charge >= 0.3 is 5.97 Å². The molecule has 2 unspecified atom stereocenters. The summed E-state index contributed by atoms with van der Waals surface area (Å²) in [4.78, 5) is 11.0. The van der Waals surface area contributed by atoms with Crippen LogP contribution in [0.5, 0.6) is 0 Å².